The van der Waals surface area contributed by atoms with Gasteiger partial charge >= 0.3 is 18.2 Å². The summed E-state index contributed by atoms with van der Waals surface area (Å²) in [6.07, 6.45) is -1.13. The van der Waals surface area contributed by atoms with Gasteiger partial charge in [0.15, 0.2) is 0 Å². The number of rotatable bonds is 7. The fourth-order valence-corrected chi connectivity index (χ4v) is 5.73. The molecule has 1 heterocycles. The Morgan fingerprint density at radius 3 is 2.47 bits per heavy atom. The maximum absolute atomic E-state index is 13.9. The first kappa shape index (κ1) is 29.9. The highest BCUT2D eigenvalue weighted by Gasteiger charge is 2.43. The Hall–Kier alpha value is -4.60. The molecule has 2 aliphatic rings. The Bertz CT molecular complexity index is 1640. The summed E-state index contributed by atoms with van der Waals surface area (Å²) in [6, 6.07) is 12.8. The Labute approximate surface area is 245 Å². The number of carboxylic acids is 1. The second kappa shape index (κ2) is 11.6. The molecular formula is C33H29F4NO5. The number of hydrogen-bond donors (Lipinski definition) is 1. The minimum atomic E-state index is -4.63. The van der Waals surface area contributed by atoms with Crippen LogP contribution >= 0.6 is 0 Å². The molecule has 3 aromatic rings. The Kier molecular flexibility index (Phi) is 8.05. The number of aryl methyl sites for hydroxylation is 1. The van der Waals surface area contributed by atoms with E-state index in [-0.39, 0.29) is 17.7 Å². The smallest absolute Gasteiger partial charge is 0.416 e. The number of ether oxygens (including phenoxy) is 2. The van der Waals surface area contributed by atoms with Gasteiger partial charge in [0, 0.05) is 11.5 Å². The van der Waals surface area contributed by atoms with Crippen LogP contribution in [0.1, 0.15) is 40.4 Å². The summed E-state index contributed by atoms with van der Waals surface area (Å²) < 4.78 is 66.7. The van der Waals surface area contributed by atoms with Gasteiger partial charge in [0.2, 0.25) is 0 Å². The van der Waals surface area contributed by atoms with E-state index < -0.39 is 47.7 Å². The van der Waals surface area contributed by atoms with Crippen molar-refractivity contribution in [3.8, 4) is 28.0 Å². The molecule has 1 N–H and O–H groups in total. The number of alkyl halides is 3. The van der Waals surface area contributed by atoms with E-state index >= 15 is 0 Å². The number of halogens is 4. The van der Waals surface area contributed by atoms with Crippen LogP contribution in [0.4, 0.5) is 22.4 Å². The summed E-state index contributed by atoms with van der Waals surface area (Å²) >= 11 is 0. The molecule has 1 aliphatic heterocycles. The molecule has 1 aliphatic carbocycles. The molecule has 5 rings (SSSR count). The van der Waals surface area contributed by atoms with Crippen LogP contribution in [0, 0.1) is 12.8 Å². The van der Waals surface area contributed by atoms with Crippen molar-refractivity contribution in [1.82, 2.24) is 4.90 Å². The number of carbonyl (C=O) groups excluding carboxylic acids is 1. The molecule has 6 nitrogen and oxygen atoms in total. The zero-order chi connectivity index (χ0) is 31.1. The largest absolute Gasteiger partial charge is 0.496 e. The third kappa shape index (κ3) is 6.00. The van der Waals surface area contributed by atoms with Gasteiger partial charge in [0.05, 0.1) is 30.8 Å². The fourth-order valence-electron chi connectivity index (χ4n) is 5.73. The standard InChI is InChI=1S/C33H29F4NO5/c1-18-13-22(31(39)40)7-10-26(18)20-8-12-29(42-3)28(16-20)27-11-9-24(33(35,36)37)14-23(27)17-38-19(2)30(43-32(38)41)21-5-4-6-25(34)15-21/h4,6-16,19,21,30H,5,17H2,1-3H3,(H,39,40)/t19-,21?,30-/m0/s1. The van der Waals surface area contributed by atoms with E-state index in [1.165, 1.54) is 36.3 Å². The van der Waals surface area contributed by atoms with Crippen LogP contribution in [-0.4, -0.2) is 41.3 Å². The van der Waals surface area contributed by atoms with Crippen LogP contribution in [-0.2, 0) is 17.5 Å². The van der Waals surface area contributed by atoms with Crippen molar-refractivity contribution in [3.63, 3.8) is 0 Å². The summed E-state index contributed by atoms with van der Waals surface area (Å²) in [7, 11) is 1.45. The molecule has 224 valence electrons. The Balaban J connectivity index is 1.57. The molecule has 0 aromatic heterocycles. The summed E-state index contributed by atoms with van der Waals surface area (Å²) in [5.41, 5.74) is 2.52. The van der Waals surface area contributed by atoms with Crippen molar-refractivity contribution in [1.29, 1.82) is 0 Å². The zero-order valence-corrected chi connectivity index (χ0v) is 23.6. The highest BCUT2D eigenvalue weighted by atomic mass is 19.4. The highest BCUT2D eigenvalue weighted by molar-refractivity contribution is 5.89. The summed E-state index contributed by atoms with van der Waals surface area (Å²) in [5, 5.41) is 9.34. The topological polar surface area (TPSA) is 76.1 Å². The molecule has 3 atom stereocenters. The number of carboxylic acid groups (broad SMARTS) is 1. The van der Waals surface area contributed by atoms with Gasteiger partial charge < -0.3 is 14.6 Å². The third-order valence-corrected chi connectivity index (χ3v) is 7.97. The van der Waals surface area contributed by atoms with E-state index in [1.807, 2.05) is 0 Å². The van der Waals surface area contributed by atoms with Crippen LogP contribution in [0.15, 0.2) is 78.7 Å². The molecule has 1 fully saturated rings. The zero-order valence-electron chi connectivity index (χ0n) is 23.6. The van der Waals surface area contributed by atoms with Crippen molar-refractivity contribution in [2.75, 3.05) is 7.11 Å². The van der Waals surface area contributed by atoms with Crippen LogP contribution in [0.2, 0.25) is 0 Å². The molecule has 43 heavy (non-hydrogen) atoms. The molecule has 0 spiro atoms. The highest BCUT2D eigenvalue weighted by Crippen LogP contribution is 2.41. The van der Waals surface area contributed by atoms with Gasteiger partial charge in [0.1, 0.15) is 17.7 Å². The number of aromatic carboxylic acids is 1. The first-order valence-electron chi connectivity index (χ1n) is 13.6. The lowest BCUT2D eigenvalue weighted by atomic mass is 9.89. The molecule has 0 saturated carbocycles. The fraction of sp³-hybridized carbons (Fsp3) is 0.273. The van der Waals surface area contributed by atoms with Crippen LogP contribution in [0.3, 0.4) is 0 Å². The Morgan fingerprint density at radius 1 is 1.07 bits per heavy atom. The predicted octanol–water partition coefficient (Wildman–Crippen LogP) is 8.19. The lowest BCUT2D eigenvalue weighted by Gasteiger charge is -2.26. The monoisotopic (exact) mass is 595 g/mol. The molecule has 10 heteroatoms. The van der Waals surface area contributed by atoms with E-state index in [4.69, 9.17) is 9.47 Å². The van der Waals surface area contributed by atoms with Crippen molar-refractivity contribution in [2.24, 2.45) is 5.92 Å². The maximum Gasteiger partial charge on any atom is 0.416 e. The van der Waals surface area contributed by atoms with E-state index in [9.17, 15) is 32.3 Å². The van der Waals surface area contributed by atoms with Gasteiger partial charge in [-0.05, 0) is 96.6 Å². The number of allylic oxidation sites excluding steroid dienone is 3. The normalized spacial score (nSPS) is 20.2. The number of cyclic esters (lactones) is 1. The van der Waals surface area contributed by atoms with Gasteiger partial charge in [-0.2, -0.15) is 13.2 Å². The van der Waals surface area contributed by atoms with E-state index in [2.05, 4.69) is 0 Å². The van der Waals surface area contributed by atoms with Crippen LogP contribution in [0.5, 0.6) is 5.75 Å². The quantitative estimate of drug-likeness (QED) is 0.279. The molecule has 0 bridgehead atoms. The molecular weight excluding hydrogens is 566 g/mol. The average Bonchev–Trinajstić information content (AvgIpc) is 3.24. The molecule has 1 saturated heterocycles. The minimum Gasteiger partial charge on any atom is -0.496 e. The van der Waals surface area contributed by atoms with Gasteiger partial charge in [-0.25, -0.2) is 14.0 Å². The minimum absolute atomic E-state index is 0.132. The van der Waals surface area contributed by atoms with E-state index in [0.29, 0.717) is 34.4 Å². The van der Waals surface area contributed by atoms with Crippen molar-refractivity contribution in [3.05, 3.63) is 101 Å². The first-order valence-corrected chi connectivity index (χ1v) is 13.6. The van der Waals surface area contributed by atoms with Crippen LogP contribution in [0.25, 0.3) is 22.3 Å². The molecule has 3 aromatic carbocycles. The van der Waals surface area contributed by atoms with E-state index in [0.717, 1.165) is 17.7 Å². The number of carbonyl (C=O) groups is 2. The molecule has 0 radical (unpaired) electrons. The number of benzene rings is 3. The molecule has 1 amide bonds. The lowest BCUT2D eigenvalue weighted by Crippen LogP contribution is -2.36. The lowest BCUT2D eigenvalue weighted by molar-refractivity contribution is -0.137. The third-order valence-electron chi connectivity index (χ3n) is 7.97. The van der Waals surface area contributed by atoms with Gasteiger partial charge in [-0.15, -0.1) is 0 Å². The number of hydrogen-bond acceptors (Lipinski definition) is 4. The Morgan fingerprint density at radius 2 is 1.81 bits per heavy atom. The second-order valence-corrected chi connectivity index (χ2v) is 10.7. The average molecular weight is 596 g/mol. The van der Waals surface area contributed by atoms with E-state index in [1.54, 1.807) is 50.3 Å². The summed E-state index contributed by atoms with van der Waals surface area (Å²) in [4.78, 5) is 25.8. The van der Waals surface area contributed by atoms with Gasteiger partial charge in [0.25, 0.3) is 0 Å². The van der Waals surface area contributed by atoms with Crippen molar-refractivity contribution >= 4 is 12.1 Å². The van der Waals surface area contributed by atoms with Gasteiger partial charge in [-0.3, -0.25) is 4.90 Å². The van der Waals surface area contributed by atoms with Crippen molar-refractivity contribution in [2.45, 2.75) is 45.1 Å². The SMILES string of the molecule is COc1ccc(-c2ccc(C(=O)O)cc2C)cc1-c1ccc(C(F)(F)F)cc1CN1C(=O)O[C@H](C2C=C(F)C=CC2)[C@@H]1C. The molecule has 1 unspecified atom stereocenters. The summed E-state index contributed by atoms with van der Waals surface area (Å²) in [6.45, 7) is 3.32. The number of methoxy groups -OCH3 is 1. The van der Waals surface area contributed by atoms with Gasteiger partial charge in [-0.1, -0.05) is 24.3 Å². The number of nitrogens with zero attached hydrogens (tertiary/aromatic N) is 1. The summed E-state index contributed by atoms with van der Waals surface area (Å²) in [5.74, 6) is -1.49. The maximum atomic E-state index is 13.9. The predicted molar refractivity (Wildman–Crippen MR) is 152 cm³/mol. The number of amides is 1. The van der Waals surface area contributed by atoms with Crippen molar-refractivity contribution < 1.29 is 41.7 Å². The van der Waals surface area contributed by atoms with Crippen LogP contribution < -0.4 is 4.74 Å². The second-order valence-electron chi connectivity index (χ2n) is 10.7. The first-order chi connectivity index (χ1) is 20.4.